The van der Waals surface area contributed by atoms with Gasteiger partial charge >= 0.3 is 0 Å². The highest BCUT2D eigenvalue weighted by atomic mass is 16.2. The minimum Gasteiger partial charge on any atom is -0.351 e. The molecule has 0 saturated carbocycles. The van der Waals surface area contributed by atoms with Crippen molar-refractivity contribution in [2.75, 3.05) is 6.54 Å². The van der Waals surface area contributed by atoms with E-state index in [0.717, 1.165) is 49.1 Å². The van der Waals surface area contributed by atoms with Crippen LogP contribution in [0.25, 0.3) is 0 Å². The number of fused-ring (bicyclic) bond motifs is 1. The highest BCUT2D eigenvalue weighted by molar-refractivity contribution is 5.94. The number of hydrogen-bond donors (Lipinski definition) is 2. The fourth-order valence-electron chi connectivity index (χ4n) is 3.83. The molecule has 1 saturated heterocycles. The van der Waals surface area contributed by atoms with Crippen molar-refractivity contribution in [3.05, 3.63) is 40.7 Å². The van der Waals surface area contributed by atoms with Crippen LogP contribution in [-0.4, -0.2) is 43.4 Å². The molecule has 0 unspecified atom stereocenters. The molecule has 0 bridgehead atoms. The van der Waals surface area contributed by atoms with Gasteiger partial charge in [-0.3, -0.25) is 24.7 Å². The maximum absolute atomic E-state index is 13.1. The van der Waals surface area contributed by atoms with E-state index < -0.39 is 0 Å². The minimum atomic E-state index is -0.109. The van der Waals surface area contributed by atoms with Crippen molar-refractivity contribution in [1.29, 1.82) is 0 Å². The molecule has 1 fully saturated rings. The van der Waals surface area contributed by atoms with Gasteiger partial charge in [0.2, 0.25) is 5.91 Å². The van der Waals surface area contributed by atoms with E-state index in [2.05, 4.69) is 25.5 Å². The fourth-order valence-corrected chi connectivity index (χ4v) is 3.83. The number of aromatic nitrogens is 4. The van der Waals surface area contributed by atoms with Crippen LogP contribution in [0.2, 0.25) is 0 Å². The number of likely N-dealkylation sites (tertiary alicyclic amines) is 1. The number of carbonyl (C=O) groups is 2. The lowest BCUT2D eigenvalue weighted by molar-refractivity contribution is -0.119. The number of rotatable bonds is 4. The standard InChI is InChI=1S/C18H22N6O2/c1-11(25)20-9-12-8-19-10-15(21-12)16-6-3-7-24(16)18(26)17-13-4-2-5-14(13)22-23-17/h8,10,16H,2-7,9H2,1H3,(H,20,25)(H,22,23)/t16-/m0/s1. The topological polar surface area (TPSA) is 104 Å². The molecule has 1 aliphatic heterocycles. The van der Waals surface area contributed by atoms with Gasteiger partial charge in [-0.1, -0.05) is 0 Å². The van der Waals surface area contributed by atoms with E-state index >= 15 is 0 Å². The Morgan fingerprint density at radius 1 is 1.31 bits per heavy atom. The van der Waals surface area contributed by atoms with Crippen molar-refractivity contribution in [2.24, 2.45) is 0 Å². The summed E-state index contributed by atoms with van der Waals surface area (Å²) >= 11 is 0. The number of amides is 2. The molecule has 2 N–H and O–H groups in total. The average molecular weight is 354 g/mol. The molecular weight excluding hydrogens is 332 g/mol. The highest BCUT2D eigenvalue weighted by Crippen LogP contribution is 2.33. The van der Waals surface area contributed by atoms with Gasteiger partial charge < -0.3 is 10.2 Å². The maximum Gasteiger partial charge on any atom is 0.275 e. The van der Waals surface area contributed by atoms with E-state index in [1.807, 2.05) is 4.90 Å². The number of nitrogens with one attached hydrogen (secondary N) is 2. The van der Waals surface area contributed by atoms with Crippen LogP contribution in [0.1, 0.15) is 65.4 Å². The molecule has 2 aromatic rings. The van der Waals surface area contributed by atoms with E-state index in [9.17, 15) is 9.59 Å². The van der Waals surface area contributed by atoms with Gasteiger partial charge in [-0.25, -0.2) is 0 Å². The third-order valence-electron chi connectivity index (χ3n) is 5.09. The second-order valence-corrected chi connectivity index (χ2v) is 6.88. The first kappa shape index (κ1) is 16.7. The Bertz CT molecular complexity index is 846. The summed E-state index contributed by atoms with van der Waals surface area (Å²) in [7, 11) is 0. The van der Waals surface area contributed by atoms with Gasteiger partial charge in [0, 0.05) is 24.7 Å². The summed E-state index contributed by atoms with van der Waals surface area (Å²) in [5, 5.41) is 10.0. The largest absolute Gasteiger partial charge is 0.351 e. The smallest absolute Gasteiger partial charge is 0.275 e. The van der Waals surface area contributed by atoms with Gasteiger partial charge in [0.25, 0.3) is 5.91 Å². The average Bonchev–Trinajstić information content (AvgIpc) is 3.35. The van der Waals surface area contributed by atoms with Crippen LogP contribution in [0.5, 0.6) is 0 Å². The molecule has 4 rings (SSSR count). The van der Waals surface area contributed by atoms with E-state index in [0.29, 0.717) is 24.5 Å². The fraction of sp³-hybridized carbons (Fsp3) is 0.500. The number of hydrogen-bond acceptors (Lipinski definition) is 5. The molecule has 0 radical (unpaired) electrons. The Morgan fingerprint density at radius 2 is 2.19 bits per heavy atom. The van der Waals surface area contributed by atoms with Crippen molar-refractivity contribution in [3.63, 3.8) is 0 Å². The summed E-state index contributed by atoms with van der Waals surface area (Å²) in [6.07, 6.45) is 8.10. The van der Waals surface area contributed by atoms with Gasteiger partial charge in [0.05, 0.1) is 36.4 Å². The number of nitrogens with zero attached hydrogens (tertiary/aromatic N) is 4. The predicted molar refractivity (Wildman–Crippen MR) is 93.2 cm³/mol. The van der Waals surface area contributed by atoms with Crippen LogP contribution in [0.15, 0.2) is 12.4 Å². The summed E-state index contributed by atoms with van der Waals surface area (Å²) in [5.41, 5.74) is 4.20. The molecule has 0 aromatic carbocycles. The van der Waals surface area contributed by atoms with Gasteiger partial charge in [0.1, 0.15) is 0 Å². The normalized spacial score (nSPS) is 18.8. The van der Waals surface area contributed by atoms with E-state index in [1.54, 1.807) is 12.4 Å². The monoisotopic (exact) mass is 354 g/mol. The molecule has 3 heterocycles. The number of H-pyrrole nitrogens is 1. The van der Waals surface area contributed by atoms with Crippen LogP contribution >= 0.6 is 0 Å². The van der Waals surface area contributed by atoms with E-state index in [4.69, 9.17) is 0 Å². The van der Waals surface area contributed by atoms with Gasteiger partial charge in [-0.05, 0) is 32.1 Å². The van der Waals surface area contributed by atoms with Crippen molar-refractivity contribution < 1.29 is 9.59 Å². The third kappa shape index (κ3) is 3.07. The van der Waals surface area contributed by atoms with Crippen LogP contribution in [0.4, 0.5) is 0 Å². The van der Waals surface area contributed by atoms with Crippen LogP contribution in [-0.2, 0) is 24.2 Å². The van der Waals surface area contributed by atoms with Gasteiger partial charge in [0.15, 0.2) is 5.69 Å². The Kier molecular flexibility index (Phi) is 4.40. The van der Waals surface area contributed by atoms with E-state index in [-0.39, 0.29) is 17.9 Å². The summed E-state index contributed by atoms with van der Waals surface area (Å²) in [6, 6.07) is -0.0963. The van der Waals surface area contributed by atoms with Crippen LogP contribution in [0.3, 0.4) is 0 Å². The van der Waals surface area contributed by atoms with E-state index in [1.165, 1.54) is 6.92 Å². The maximum atomic E-state index is 13.1. The Hall–Kier alpha value is -2.77. The Balaban J connectivity index is 1.55. The van der Waals surface area contributed by atoms with Gasteiger partial charge in [-0.2, -0.15) is 5.10 Å². The zero-order chi connectivity index (χ0) is 18.1. The first-order valence-electron chi connectivity index (χ1n) is 9.06. The first-order chi connectivity index (χ1) is 12.6. The quantitative estimate of drug-likeness (QED) is 0.861. The minimum absolute atomic E-state index is 0.0269. The second-order valence-electron chi connectivity index (χ2n) is 6.88. The Labute approximate surface area is 151 Å². The van der Waals surface area contributed by atoms with Crippen molar-refractivity contribution in [3.8, 4) is 0 Å². The molecule has 1 atom stereocenters. The lowest BCUT2D eigenvalue weighted by Gasteiger charge is -2.24. The Morgan fingerprint density at radius 3 is 3.04 bits per heavy atom. The van der Waals surface area contributed by atoms with Crippen LogP contribution in [0, 0.1) is 0 Å². The van der Waals surface area contributed by atoms with Crippen molar-refractivity contribution in [2.45, 2.75) is 51.6 Å². The molecule has 0 spiro atoms. The number of aryl methyl sites for hydroxylation is 1. The lowest BCUT2D eigenvalue weighted by Crippen LogP contribution is -2.32. The molecule has 8 heteroatoms. The van der Waals surface area contributed by atoms with Crippen LogP contribution < -0.4 is 5.32 Å². The first-order valence-corrected chi connectivity index (χ1v) is 9.06. The predicted octanol–water partition coefficient (Wildman–Crippen LogP) is 1.30. The zero-order valence-electron chi connectivity index (χ0n) is 14.8. The summed E-state index contributed by atoms with van der Waals surface area (Å²) in [6.45, 7) is 2.50. The summed E-state index contributed by atoms with van der Waals surface area (Å²) in [4.78, 5) is 34.9. The van der Waals surface area contributed by atoms with Crippen molar-refractivity contribution in [1.82, 2.24) is 30.4 Å². The molecule has 2 aliphatic rings. The zero-order valence-corrected chi connectivity index (χ0v) is 14.8. The second kappa shape index (κ2) is 6.86. The molecule has 2 amide bonds. The summed E-state index contributed by atoms with van der Waals surface area (Å²) < 4.78 is 0. The SMILES string of the molecule is CC(=O)NCc1cncc([C@@H]2CCCN2C(=O)c2n[nH]c3c2CCC3)n1. The lowest BCUT2D eigenvalue weighted by atomic mass is 10.1. The highest BCUT2D eigenvalue weighted by Gasteiger charge is 2.35. The van der Waals surface area contributed by atoms with Gasteiger partial charge in [-0.15, -0.1) is 0 Å². The molecule has 2 aromatic heterocycles. The molecule has 1 aliphatic carbocycles. The molecule has 8 nitrogen and oxygen atoms in total. The molecule has 136 valence electrons. The number of aromatic amines is 1. The van der Waals surface area contributed by atoms with Crippen molar-refractivity contribution >= 4 is 11.8 Å². The third-order valence-corrected chi connectivity index (χ3v) is 5.09. The molecular formula is C18H22N6O2. The molecule has 26 heavy (non-hydrogen) atoms. The number of carbonyl (C=O) groups excluding carboxylic acids is 2. The summed E-state index contributed by atoms with van der Waals surface area (Å²) in [5.74, 6) is -0.136.